The van der Waals surface area contributed by atoms with Crippen LogP contribution in [-0.2, 0) is 4.79 Å². The van der Waals surface area contributed by atoms with Crippen molar-refractivity contribution in [3.05, 3.63) is 58.7 Å². The molecule has 2 amide bonds. The van der Waals surface area contributed by atoms with E-state index in [1.165, 1.54) is 0 Å². The number of para-hydroxylation sites is 1. The summed E-state index contributed by atoms with van der Waals surface area (Å²) >= 11 is 3.33. The van der Waals surface area contributed by atoms with Crippen LogP contribution in [0.15, 0.2) is 53.0 Å². The Morgan fingerprint density at radius 2 is 1.96 bits per heavy atom. The number of carbonyl (C=O) groups excluding carboxylic acids is 2. The van der Waals surface area contributed by atoms with Gasteiger partial charge >= 0.3 is 0 Å². The van der Waals surface area contributed by atoms with E-state index >= 15 is 0 Å². The summed E-state index contributed by atoms with van der Waals surface area (Å²) in [5, 5.41) is 7.41. The highest BCUT2D eigenvalue weighted by atomic mass is 79.9. The zero-order valence-electron chi connectivity index (χ0n) is 13.2. The molecule has 25 heavy (non-hydrogen) atoms. The molecular formula is C17H15BrN4O3. The molecule has 7 nitrogen and oxygen atoms in total. The summed E-state index contributed by atoms with van der Waals surface area (Å²) in [5.41, 5.74) is 5.63. The Morgan fingerprint density at radius 3 is 2.76 bits per heavy atom. The molecular weight excluding hydrogens is 388 g/mol. The SMILES string of the molecule is C[C@@H](Oc1cccc(Br)c1)C(=O)NNC(=O)c1n[nH]c2ccccc12. The number of benzene rings is 2. The van der Waals surface area contributed by atoms with Crippen molar-refractivity contribution in [2.45, 2.75) is 13.0 Å². The molecule has 0 aliphatic carbocycles. The van der Waals surface area contributed by atoms with Crippen molar-refractivity contribution in [1.29, 1.82) is 0 Å². The van der Waals surface area contributed by atoms with Gasteiger partial charge in [-0.1, -0.05) is 40.2 Å². The molecule has 1 heterocycles. The number of amides is 2. The molecule has 3 N–H and O–H groups in total. The fourth-order valence-electron chi connectivity index (χ4n) is 2.21. The van der Waals surface area contributed by atoms with Gasteiger partial charge in [0.05, 0.1) is 5.52 Å². The van der Waals surface area contributed by atoms with Gasteiger partial charge in [-0.2, -0.15) is 5.10 Å². The van der Waals surface area contributed by atoms with Crippen LogP contribution in [0.5, 0.6) is 5.75 Å². The van der Waals surface area contributed by atoms with E-state index in [9.17, 15) is 9.59 Å². The van der Waals surface area contributed by atoms with Crippen LogP contribution >= 0.6 is 15.9 Å². The number of hydrogen-bond acceptors (Lipinski definition) is 4. The van der Waals surface area contributed by atoms with Crippen LogP contribution in [0, 0.1) is 0 Å². The van der Waals surface area contributed by atoms with E-state index in [1.54, 1.807) is 37.3 Å². The highest BCUT2D eigenvalue weighted by Gasteiger charge is 2.18. The highest BCUT2D eigenvalue weighted by Crippen LogP contribution is 2.19. The number of H-pyrrole nitrogens is 1. The van der Waals surface area contributed by atoms with Crippen molar-refractivity contribution in [2.24, 2.45) is 0 Å². The minimum atomic E-state index is -0.787. The number of aromatic amines is 1. The number of nitrogens with zero attached hydrogens (tertiary/aromatic N) is 1. The summed E-state index contributed by atoms with van der Waals surface area (Å²) in [6, 6.07) is 14.4. The summed E-state index contributed by atoms with van der Waals surface area (Å²) < 4.78 is 6.38. The molecule has 1 atom stereocenters. The molecule has 8 heteroatoms. The molecule has 3 rings (SSSR count). The second-order valence-corrected chi connectivity index (χ2v) is 6.19. The number of hydrazine groups is 1. The molecule has 3 aromatic rings. The summed E-state index contributed by atoms with van der Waals surface area (Å²) in [4.78, 5) is 24.3. The zero-order chi connectivity index (χ0) is 17.8. The second kappa shape index (κ2) is 7.35. The Hall–Kier alpha value is -2.87. The maximum Gasteiger partial charge on any atom is 0.290 e. The van der Waals surface area contributed by atoms with Crippen molar-refractivity contribution in [3.8, 4) is 5.75 Å². The third kappa shape index (κ3) is 3.97. The first-order valence-electron chi connectivity index (χ1n) is 7.50. The van der Waals surface area contributed by atoms with E-state index < -0.39 is 17.9 Å². The standard InChI is InChI=1S/C17H15BrN4O3/c1-10(25-12-6-4-5-11(18)9-12)16(23)21-22-17(24)15-13-7-2-3-8-14(13)19-20-15/h2-10H,1H3,(H,19,20)(H,21,23)(H,22,24)/t10-/m1/s1. The highest BCUT2D eigenvalue weighted by molar-refractivity contribution is 9.10. The molecule has 128 valence electrons. The fourth-order valence-corrected chi connectivity index (χ4v) is 2.59. The first-order valence-corrected chi connectivity index (χ1v) is 8.29. The van der Waals surface area contributed by atoms with Crippen LogP contribution in [0.25, 0.3) is 10.9 Å². The molecule has 0 aliphatic rings. The predicted molar refractivity (Wildman–Crippen MR) is 95.9 cm³/mol. The first kappa shape index (κ1) is 17.0. The molecule has 0 unspecified atom stereocenters. The van der Waals surface area contributed by atoms with Gasteiger partial charge in [-0.05, 0) is 31.2 Å². The van der Waals surface area contributed by atoms with Gasteiger partial charge in [-0.15, -0.1) is 0 Å². The molecule has 0 fully saturated rings. The van der Waals surface area contributed by atoms with Crippen molar-refractivity contribution >= 4 is 38.6 Å². The Morgan fingerprint density at radius 1 is 1.16 bits per heavy atom. The van der Waals surface area contributed by atoms with Crippen molar-refractivity contribution in [2.75, 3.05) is 0 Å². The third-order valence-corrected chi connectivity index (χ3v) is 3.96. The molecule has 1 aromatic heterocycles. The molecule has 0 saturated carbocycles. The number of nitrogens with one attached hydrogen (secondary N) is 3. The number of carbonyl (C=O) groups is 2. The Labute approximate surface area is 151 Å². The Bertz CT molecular complexity index is 925. The van der Waals surface area contributed by atoms with Gasteiger partial charge < -0.3 is 4.74 Å². The Balaban J connectivity index is 1.59. The topological polar surface area (TPSA) is 96.1 Å². The average molecular weight is 403 g/mol. The van der Waals surface area contributed by atoms with Crippen LogP contribution in [-0.4, -0.2) is 28.1 Å². The van der Waals surface area contributed by atoms with E-state index in [-0.39, 0.29) is 5.69 Å². The van der Waals surface area contributed by atoms with Crippen LogP contribution < -0.4 is 15.6 Å². The lowest BCUT2D eigenvalue weighted by Crippen LogP contribution is -2.47. The van der Waals surface area contributed by atoms with Gasteiger partial charge in [0.1, 0.15) is 5.75 Å². The van der Waals surface area contributed by atoms with E-state index in [2.05, 4.69) is 37.0 Å². The Kier molecular flexibility index (Phi) is 4.99. The summed E-state index contributed by atoms with van der Waals surface area (Å²) in [6.45, 7) is 1.59. The number of rotatable bonds is 4. The van der Waals surface area contributed by atoms with E-state index in [0.717, 1.165) is 9.99 Å². The monoisotopic (exact) mass is 402 g/mol. The van der Waals surface area contributed by atoms with Gasteiger partial charge in [0.25, 0.3) is 11.8 Å². The first-order chi connectivity index (χ1) is 12.0. The third-order valence-electron chi connectivity index (χ3n) is 3.46. The lowest BCUT2D eigenvalue weighted by Gasteiger charge is -2.15. The molecule has 0 spiro atoms. The van der Waals surface area contributed by atoms with E-state index in [0.29, 0.717) is 11.1 Å². The maximum absolute atomic E-state index is 12.2. The van der Waals surface area contributed by atoms with Crippen molar-refractivity contribution in [1.82, 2.24) is 21.0 Å². The fraction of sp³-hybridized carbons (Fsp3) is 0.118. The lowest BCUT2D eigenvalue weighted by molar-refractivity contribution is -0.128. The minimum Gasteiger partial charge on any atom is -0.481 e. The molecule has 0 radical (unpaired) electrons. The van der Waals surface area contributed by atoms with E-state index in [4.69, 9.17) is 4.74 Å². The second-order valence-electron chi connectivity index (χ2n) is 5.28. The summed E-state index contributed by atoms with van der Waals surface area (Å²) in [6.07, 6.45) is -0.787. The van der Waals surface area contributed by atoms with Gasteiger partial charge in [-0.25, -0.2) is 0 Å². The smallest absolute Gasteiger partial charge is 0.290 e. The number of hydrogen-bond donors (Lipinski definition) is 3. The zero-order valence-corrected chi connectivity index (χ0v) is 14.8. The van der Waals surface area contributed by atoms with Crippen molar-refractivity contribution in [3.63, 3.8) is 0 Å². The molecule has 2 aromatic carbocycles. The van der Waals surface area contributed by atoms with Crippen LogP contribution in [0.4, 0.5) is 0 Å². The van der Waals surface area contributed by atoms with Gasteiger partial charge in [0.2, 0.25) is 0 Å². The minimum absolute atomic E-state index is 0.205. The van der Waals surface area contributed by atoms with E-state index in [1.807, 2.05) is 18.2 Å². The largest absolute Gasteiger partial charge is 0.481 e. The molecule has 0 saturated heterocycles. The normalized spacial score (nSPS) is 11.8. The number of fused-ring (bicyclic) bond motifs is 1. The lowest BCUT2D eigenvalue weighted by atomic mass is 10.2. The van der Waals surface area contributed by atoms with Gasteiger partial charge in [-0.3, -0.25) is 25.5 Å². The summed E-state index contributed by atoms with van der Waals surface area (Å²) in [7, 11) is 0. The average Bonchev–Trinajstić information content (AvgIpc) is 3.03. The predicted octanol–water partition coefficient (Wildman–Crippen LogP) is 2.55. The van der Waals surface area contributed by atoms with Crippen LogP contribution in [0.2, 0.25) is 0 Å². The quantitative estimate of drug-likeness (QED) is 0.584. The van der Waals surface area contributed by atoms with Gasteiger partial charge in [0.15, 0.2) is 11.8 Å². The summed E-state index contributed by atoms with van der Waals surface area (Å²) in [5.74, 6) is -0.449. The van der Waals surface area contributed by atoms with Crippen molar-refractivity contribution < 1.29 is 14.3 Å². The van der Waals surface area contributed by atoms with Crippen LogP contribution in [0.1, 0.15) is 17.4 Å². The number of aromatic nitrogens is 2. The van der Waals surface area contributed by atoms with Gasteiger partial charge in [0, 0.05) is 9.86 Å². The number of halogens is 1. The number of ether oxygens (including phenoxy) is 1. The molecule has 0 aliphatic heterocycles. The maximum atomic E-state index is 12.2. The van der Waals surface area contributed by atoms with Crippen LogP contribution in [0.3, 0.4) is 0 Å². The molecule has 0 bridgehead atoms.